The predicted molar refractivity (Wildman–Crippen MR) is 94.9 cm³/mol. The fraction of sp³-hybridized carbons (Fsp3) is 0.118. The zero-order chi connectivity index (χ0) is 16.4. The maximum absolute atomic E-state index is 13.1. The van der Waals surface area contributed by atoms with Crippen molar-refractivity contribution in [3.63, 3.8) is 0 Å². The zero-order valence-electron chi connectivity index (χ0n) is 12.2. The Morgan fingerprint density at radius 3 is 2.57 bits per heavy atom. The van der Waals surface area contributed by atoms with Gasteiger partial charge in [0.15, 0.2) is 0 Å². The second kappa shape index (κ2) is 6.83. The van der Waals surface area contributed by atoms with E-state index in [1.165, 1.54) is 34.8 Å². The summed E-state index contributed by atoms with van der Waals surface area (Å²) in [6.07, 6.45) is 0. The van der Waals surface area contributed by atoms with Crippen LogP contribution in [0, 0.1) is 5.82 Å². The van der Waals surface area contributed by atoms with Crippen LogP contribution in [0.25, 0.3) is 11.1 Å². The van der Waals surface area contributed by atoms with Gasteiger partial charge in [0.05, 0.1) is 15.3 Å². The quantitative estimate of drug-likeness (QED) is 0.625. The minimum absolute atomic E-state index is 0.122. The van der Waals surface area contributed by atoms with E-state index in [2.05, 4.69) is 5.32 Å². The van der Waals surface area contributed by atoms with Gasteiger partial charge in [0.25, 0.3) is 5.91 Å². The van der Waals surface area contributed by atoms with Crippen LogP contribution in [-0.2, 0) is 0 Å². The highest BCUT2D eigenvalue weighted by atomic mass is 35.5. The lowest BCUT2D eigenvalue weighted by Gasteiger charge is -2.12. The summed E-state index contributed by atoms with van der Waals surface area (Å²) in [4.78, 5) is 14.2. The lowest BCUT2D eigenvalue weighted by atomic mass is 10.1. The highest BCUT2D eigenvalue weighted by Gasteiger charge is 2.18. The van der Waals surface area contributed by atoms with Crippen molar-refractivity contribution in [1.29, 1.82) is 0 Å². The van der Waals surface area contributed by atoms with Gasteiger partial charge in [-0.1, -0.05) is 23.7 Å². The summed E-state index contributed by atoms with van der Waals surface area (Å²) in [6.45, 7) is 1.92. The Labute approximate surface area is 146 Å². The molecular weight excluding hydrogens is 353 g/mol. The Bertz CT molecular complexity index is 825. The van der Waals surface area contributed by atoms with Gasteiger partial charge >= 0.3 is 0 Å². The van der Waals surface area contributed by atoms with E-state index in [1.807, 2.05) is 30.5 Å². The molecule has 0 radical (unpaired) electrons. The topological polar surface area (TPSA) is 29.1 Å². The normalized spacial score (nSPS) is 12.1. The average Bonchev–Trinajstić information content (AvgIpc) is 3.17. The van der Waals surface area contributed by atoms with Gasteiger partial charge in [-0.05, 0) is 48.2 Å². The largest absolute Gasteiger partial charge is 0.344 e. The molecule has 1 aromatic carbocycles. The van der Waals surface area contributed by atoms with Crippen molar-refractivity contribution in [2.45, 2.75) is 13.0 Å². The van der Waals surface area contributed by atoms with Crippen LogP contribution in [0.1, 0.15) is 27.5 Å². The molecule has 0 aliphatic rings. The van der Waals surface area contributed by atoms with Gasteiger partial charge in [-0.15, -0.1) is 22.7 Å². The van der Waals surface area contributed by atoms with E-state index < -0.39 is 0 Å². The molecule has 0 saturated heterocycles. The fourth-order valence-electron chi connectivity index (χ4n) is 2.24. The van der Waals surface area contributed by atoms with Crippen molar-refractivity contribution in [3.05, 3.63) is 67.8 Å². The van der Waals surface area contributed by atoms with Crippen LogP contribution in [0.3, 0.4) is 0 Å². The van der Waals surface area contributed by atoms with E-state index in [4.69, 9.17) is 11.6 Å². The maximum atomic E-state index is 13.1. The second-order valence-corrected chi connectivity index (χ2v) is 7.67. The van der Waals surface area contributed by atoms with Crippen molar-refractivity contribution < 1.29 is 9.18 Å². The minimum Gasteiger partial charge on any atom is -0.344 e. The Morgan fingerprint density at radius 2 is 1.91 bits per heavy atom. The lowest BCUT2D eigenvalue weighted by Crippen LogP contribution is -2.25. The van der Waals surface area contributed by atoms with E-state index in [-0.39, 0.29) is 17.8 Å². The van der Waals surface area contributed by atoms with Crippen LogP contribution in [0.15, 0.2) is 47.8 Å². The highest BCUT2D eigenvalue weighted by molar-refractivity contribution is 7.16. The Kier molecular flexibility index (Phi) is 4.80. The third-order valence-electron chi connectivity index (χ3n) is 3.40. The number of hydrogen-bond acceptors (Lipinski definition) is 3. The molecular formula is C17H13ClFNOS2. The number of carbonyl (C=O) groups is 1. The monoisotopic (exact) mass is 365 g/mol. The van der Waals surface area contributed by atoms with Crippen molar-refractivity contribution in [2.75, 3.05) is 0 Å². The van der Waals surface area contributed by atoms with Gasteiger partial charge in [0, 0.05) is 10.4 Å². The first-order valence-electron chi connectivity index (χ1n) is 6.94. The standard InChI is InChI=1S/C17H13ClFNOS2/c1-10(14-6-7-15(18)23-14)20-17(21)16-13(8-9-22-16)11-2-4-12(19)5-3-11/h2-10H,1H3,(H,20,21). The number of nitrogens with one attached hydrogen (secondary N) is 1. The number of hydrogen-bond donors (Lipinski definition) is 1. The molecule has 2 heterocycles. The zero-order valence-corrected chi connectivity index (χ0v) is 14.6. The van der Waals surface area contributed by atoms with Crippen LogP contribution in [-0.4, -0.2) is 5.91 Å². The van der Waals surface area contributed by atoms with E-state index >= 15 is 0 Å². The molecule has 6 heteroatoms. The summed E-state index contributed by atoms with van der Waals surface area (Å²) in [7, 11) is 0. The molecule has 0 bridgehead atoms. The second-order valence-electron chi connectivity index (χ2n) is 5.01. The number of thiophene rings is 2. The third-order valence-corrected chi connectivity index (χ3v) is 5.72. The Hall–Kier alpha value is -1.69. The molecule has 0 spiro atoms. The summed E-state index contributed by atoms with van der Waals surface area (Å²) < 4.78 is 13.8. The number of amides is 1. The molecule has 1 N–H and O–H groups in total. The van der Waals surface area contributed by atoms with E-state index in [9.17, 15) is 9.18 Å². The number of benzene rings is 1. The first-order chi connectivity index (χ1) is 11.0. The highest BCUT2D eigenvalue weighted by Crippen LogP contribution is 2.30. The van der Waals surface area contributed by atoms with Crippen LogP contribution in [0.4, 0.5) is 4.39 Å². The first-order valence-corrected chi connectivity index (χ1v) is 9.01. The van der Waals surface area contributed by atoms with Gasteiger partial charge in [0.2, 0.25) is 0 Å². The SMILES string of the molecule is CC(NC(=O)c1sccc1-c1ccc(F)cc1)c1ccc(Cl)s1. The molecule has 0 aliphatic heterocycles. The van der Waals surface area contributed by atoms with Crippen molar-refractivity contribution in [1.82, 2.24) is 5.32 Å². The molecule has 1 amide bonds. The van der Waals surface area contributed by atoms with Gasteiger partial charge in [0.1, 0.15) is 5.82 Å². The first kappa shape index (κ1) is 16.2. The van der Waals surface area contributed by atoms with Crippen LogP contribution in [0.2, 0.25) is 4.34 Å². The summed E-state index contributed by atoms with van der Waals surface area (Å²) >= 11 is 8.76. The van der Waals surface area contributed by atoms with Crippen LogP contribution in [0.5, 0.6) is 0 Å². The minimum atomic E-state index is -0.293. The smallest absolute Gasteiger partial charge is 0.262 e. The third kappa shape index (κ3) is 3.63. The summed E-state index contributed by atoms with van der Waals surface area (Å²) in [6, 6.07) is 11.6. The van der Waals surface area contributed by atoms with Crippen LogP contribution < -0.4 is 5.32 Å². The molecule has 1 atom stereocenters. The molecule has 0 saturated carbocycles. The van der Waals surface area contributed by atoms with E-state index in [1.54, 1.807) is 12.1 Å². The van der Waals surface area contributed by atoms with Crippen LogP contribution >= 0.6 is 34.3 Å². The molecule has 3 rings (SSSR count). The lowest BCUT2D eigenvalue weighted by molar-refractivity contribution is 0.0945. The maximum Gasteiger partial charge on any atom is 0.262 e. The number of halogens is 2. The summed E-state index contributed by atoms with van der Waals surface area (Å²) in [5, 5.41) is 4.84. The predicted octanol–water partition coefficient (Wildman–Crippen LogP) is 5.76. The van der Waals surface area contributed by atoms with Crippen molar-refractivity contribution in [3.8, 4) is 11.1 Å². The van der Waals surface area contributed by atoms with Crippen molar-refractivity contribution in [2.24, 2.45) is 0 Å². The molecule has 2 nitrogen and oxygen atoms in total. The molecule has 118 valence electrons. The van der Waals surface area contributed by atoms with E-state index in [0.717, 1.165) is 16.0 Å². The van der Waals surface area contributed by atoms with E-state index in [0.29, 0.717) is 9.21 Å². The fourth-order valence-corrected chi connectivity index (χ4v) is 4.12. The van der Waals surface area contributed by atoms with Crippen molar-refractivity contribution >= 4 is 40.2 Å². The molecule has 3 aromatic rings. The molecule has 0 fully saturated rings. The summed E-state index contributed by atoms with van der Waals surface area (Å²) in [5.74, 6) is -0.436. The Balaban J connectivity index is 1.81. The average molecular weight is 366 g/mol. The van der Waals surface area contributed by atoms with Gasteiger partial charge in [-0.25, -0.2) is 4.39 Å². The van der Waals surface area contributed by atoms with Gasteiger partial charge < -0.3 is 5.32 Å². The van der Waals surface area contributed by atoms with Gasteiger partial charge in [-0.2, -0.15) is 0 Å². The Morgan fingerprint density at radius 1 is 1.17 bits per heavy atom. The molecule has 23 heavy (non-hydrogen) atoms. The molecule has 2 aromatic heterocycles. The number of carbonyl (C=O) groups excluding carboxylic acids is 1. The summed E-state index contributed by atoms with van der Waals surface area (Å²) in [5.41, 5.74) is 1.63. The molecule has 0 aliphatic carbocycles. The number of rotatable bonds is 4. The molecule has 1 unspecified atom stereocenters. The van der Waals surface area contributed by atoms with Gasteiger partial charge in [-0.3, -0.25) is 4.79 Å².